The number of rotatable bonds is 2. The maximum Gasteiger partial charge on any atom is 0.0767 e. The van der Waals surface area contributed by atoms with Crippen LogP contribution in [0.15, 0.2) is 12.4 Å². The van der Waals surface area contributed by atoms with Gasteiger partial charge in [0.2, 0.25) is 0 Å². The van der Waals surface area contributed by atoms with E-state index in [1.807, 2.05) is 17.1 Å². The summed E-state index contributed by atoms with van der Waals surface area (Å²) in [7, 11) is 0. The number of nitrogens with one attached hydrogen (secondary N) is 1. The van der Waals surface area contributed by atoms with Gasteiger partial charge < -0.3 is 11.1 Å². The fourth-order valence-electron chi connectivity index (χ4n) is 1.14. The van der Waals surface area contributed by atoms with Crippen LogP contribution < -0.4 is 11.1 Å². The highest BCUT2D eigenvalue weighted by Gasteiger charge is 2.18. The minimum atomic E-state index is 0.551. The van der Waals surface area contributed by atoms with Crippen LogP contribution in [0.2, 0.25) is 0 Å². The van der Waals surface area contributed by atoms with Gasteiger partial charge in [-0.3, -0.25) is 4.68 Å². The van der Waals surface area contributed by atoms with Crippen LogP contribution in [0.1, 0.15) is 11.6 Å². The molecule has 0 amide bonds. The summed E-state index contributed by atoms with van der Waals surface area (Å²) in [6.07, 6.45) is 3.85. The Kier molecular flexibility index (Phi) is 1.63. The molecule has 0 radical (unpaired) electrons. The lowest BCUT2D eigenvalue weighted by atomic mass is 10.2. The first-order chi connectivity index (χ1) is 5.40. The molecule has 0 saturated carbocycles. The van der Waals surface area contributed by atoms with Gasteiger partial charge in [-0.15, -0.1) is 0 Å². The third-order valence-corrected chi connectivity index (χ3v) is 2.02. The van der Waals surface area contributed by atoms with Crippen LogP contribution in [0.3, 0.4) is 0 Å². The SMILES string of the molecule is NCc1cnn(C2CNC2)c1. The van der Waals surface area contributed by atoms with Crippen molar-refractivity contribution in [1.29, 1.82) is 0 Å². The molecule has 1 aliphatic rings. The van der Waals surface area contributed by atoms with Gasteiger partial charge in [0.25, 0.3) is 0 Å². The molecule has 0 aliphatic carbocycles. The van der Waals surface area contributed by atoms with Gasteiger partial charge in [-0.25, -0.2) is 0 Å². The summed E-state index contributed by atoms with van der Waals surface area (Å²) in [6.45, 7) is 2.65. The van der Waals surface area contributed by atoms with Crippen molar-refractivity contribution >= 4 is 0 Å². The minimum absolute atomic E-state index is 0.551. The highest BCUT2D eigenvalue weighted by atomic mass is 15.3. The Morgan fingerprint density at radius 3 is 3.00 bits per heavy atom. The van der Waals surface area contributed by atoms with Gasteiger partial charge in [0.05, 0.1) is 12.2 Å². The lowest BCUT2D eigenvalue weighted by Gasteiger charge is -2.27. The standard InChI is InChI=1S/C7H12N4/c8-1-6-2-10-11(5-6)7-3-9-4-7/h2,5,7,9H,1,3-4,8H2. The summed E-state index contributed by atoms with van der Waals surface area (Å²) >= 11 is 0. The van der Waals surface area contributed by atoms with Gasteiger partial charge in [-0.2, -0.15) is 5.10 Å². The first-order valence-electron chi connectivity index (χ1n) is 3.84. The molecule has 1 aliphatic heterocycles. The van der Waals surface area contributed by atoms with Crippen LogP contribution >= 0.6 is 0 Å². The van der Waals surface area contributed by atoms with Crippen LogP contribution in [-0.4, -0.2) is 22.9 Å². The zero-order valence-corrected chi connectivity index (χ0v) is 6.33. The summed E-state index contributed by atoms with van der Waals surface area (Å²) in [5.41, 5.74) is 6.56. The number of aromatic nitrogens is 2. The van der Waals surface area contributed by atoms with Crippen molar-refractivity contribution in [3.05, 3.63) is 18.0 Å². The second-order valence-corrected chi connectivity index (χ2v) is 2.84. The first kappa shape index (κ1) is 6.82. The second-order valence-electron chi connectivity index (χ2n) is 2.84. The van der Waals surface area contributed by atoms with Crippen LogP contribution in [0.5, 0.6) is 0 Å². The first-order valence-corrected chi connectivity index (χ1v) is 3.84. The molecule has 1 aromatic rings. The smallest absolute Gasteiger partial charge is 0.0767 e. The average Bonchev–Trinajstić information content (AvgIpc) is 2.32. The molecular weight excluding hydrogens is 140 g/mol. The molecule has 0 unspecified atom stereocenters. The summed E-state index contributed by atoms with van der Waals surface area (Å²) in [5.74, 6) is 0. The van der Waals surface area contributed by atoms with E-state index in [-0.39, 0.29) is 0 Å². The third kappa shape index (κ3) is 1.15. The molecule has 0 atom stereocenters. The number of hydrogen-bond acceptors (Lipinski definition) is 3. The lowest BCUT2D eigenvalue weighted by Crippen LogP contribution is -2.43. The third-order valence-electron chi connectivity index (χ3n) is 2.02. The molecule has 4 heteroatoms. The Hall–Kier alpha value is -0.870. The predicted molar refractivity (Wildman–Crippen MR) is 42.0 cm³/mol. The van der Waals surface area contributed by atoms with Gasteiger partial charge in [0.1, 0.15) is 0 Å². The zero-order chi connectivity index (χ0) is 7.68. The quantitative estimate of drug-likeness (QED) is 0.600. The number of nitrogens with zero attached hydrogens (tertiary/aromatic N) is 2. The van der Waals surface area contributed by atoms with Crippen molar-refractivity contribution in [2.24, 2.45) is 5.73 Å². The summed E-state index contributed by atoms with van der Waals surface area (Å²) < 4.78 is 1.98. The molecule has 3 N–H and O–H groups in total. The van der Waals surface area contributed by atoms with Gasteiger partial charge in [-0.05, 0) is 0 Å². The van der Waals surface area contributed by atoms with Crippen LogP contribution in [0.4, 0.5) is 0 Å². The molecule has 2 rings (SSSR count). The topological polar surface area (TPSA) is 55.9 Å². The van der Waals surface area contributed by atoms with Crippen LogP contribution in [-0.2, 0) is 6.54 Å². The van der Waals surface area contributed by atoms with E-state index in [0.717, 1.165) is 18.7 Å². The molecule has 11 heavy (non-hydrogen) atoms. The van der Waals surface area contributed by atoms with Crippen LogP contribution in [0.25, 0.3) is 0 Å². The molecule has 4 nitrogen and oxygen atoms in total. The van der Waals surface area contributed by atoms with Crippen molar-refractivity contribution in [1.82, 2.24) is 15.1 Å². The monoisotopic (exact) mass is 152 g/mol. The average molecular weight is 152 g/mol. The van der Waals surface area contributed by atoms with E-state index >= 15 is 0 Å². The van der Waals surface area contributed by atoms with E-state index in [4.69, 9.17) is 5.73 Å². The van der Waals surface area contributed by atoms with Gasteiger partial charge in [0, 0.05) is 31.4 Å². The molecule has 1 fully saturated rings. The van der Waals surface area contributed by atoms with E-state index in [2.05, 4.69) is 10.4 Å². The Morgan fingerprint density at radius 1 is 1.73 bits per heavy atom. The lowest BCUT2D eigenvalue weighted by molar-refractivity contribution is 0.318. The number of hydrogen-bond donors (Lipinski definition) is 2. The molecule has 60 valence electrons. The summed E-state index contributed by atoms with van der Waals surface area (Å²) in [6, 6.07) is 0.551. The molecule has 0 bridgehead atoms. The van der Waals surface area contributed by atoms with E-state index in [1.165, 1.54) is 0 Å². The second kappa shape index (κ2) is 2.64. The predicted octanol–water partition coefficient (Wildman–Crippen LogP) is -0.514. The van der Waals surface area contributed by atoms with Crippen molar-refractivity contribution in [3.8, 4) is 0 Å². The Labute approximate surface area is 65.4 Å². The van der Waals surface area contributed by atoms with Crippen molar-refractivity contribution < 1.29 is 0 Å². The Bertz CT molecular complexity index is 238. The minimum Gasteiger partial charge on any atom is -0.326 e. The molecule has 1 aromatic heterocycles. The molecule has 0 aromatic carbocycles. The maximum atomic E-state index is 5.45. The highest BCUT2D eigenvalue weighted by Crippen LogP contribution is 2.10. The molecule has 2 heterocycles. The molecular formula is C7H12N4. The normalized spacial score (nSPS) is 18.3. The highest BCUT2D eigenvalue weighted by molar-refractivity contribution is 5.04. The van der Waals surface area contributed by atoms with Crippen molar-refractivity contribution in [2.75, 3.05) is 13.1 Å². The van der Waals surface area contributed by atoms with E-state index in [0.29, 0.717) is 12.6 Å². The van der Waals surface area contributed by atoms with E-state index < -0.39 is 0 Å². The fraction of sp³-hybridized carbons (Fsp3) is 0.571. The van der Waals surface area contributed by atoms with Gasteiger partial charge in [0.15, 0.2) is 0 Å². The van der Waals surface area contributed by atoms with Crippen molar-refractivity contribution in [2.45, 2.75) is 12.6 Å². The van der Waals surface area contributed by atoms with Crippen molar-refractivity contribution in [3.63, 3.8) is 0 Å². The van der Waals surface area contributed by atoms with Gasteiger partial charge in [-0.1, -0.05) is 0 Å². The largest absolute Gasteiger partial charge is 0.326 e. The van der Waals surface area contributed by atoms with E-state index in [1.54, 1.807) is 0 Å². The summed E-state index contributed by atoms with van der Waals surface area (Å²) in [5, 5.41) is 7.40. The molecule has 1 saturated heterocycles. The Morgan fingerprint density at radius 2 is 2.55 bits per heavy atom. The molecule has 0 spiro atoms. The summed E-state index contributed by atoms with van der Waals surface area (Å²) in [4.78, 5) is 0. The maximum absolute atomic E-state index is 5.45. The van der Waals surface area contributed by atoms with Gasteiger partial charge >= 0.3 is 0 Å². The van der Waals surface area contributed by atoms with Crippen LogP contribution in [0, 0.1) is 0 Å². The Balaban J connectivity index is 2.11. The number of nitrogens with two attached hydrogens (primary N) is 1. The fourth-order valence-corrected chi connectivity index (χ4v) is 1.14. The zero-order valence-electron chi connectivity index (χ0n) is 6.33. The van der Waals surface area contributed by atoms with E-state index in [9.17, 15) is 0 Å².